The summed E-state index contributed by atoms with van der Waals surface area (Å²) in [6, 6.07) is 7.25. The van der Waals surface area contributed by atoms with Crippen LogP contribution in [0.1, 0.15) is 13.2 Å². The topological polar surface area (TPSA) is 89.8 Å². The summed E-state index contributed by atoms with van der Waals surface area (Å²) in [5.74, 6) is 0.939. The molecule has 1 unspecified atom stereocenters. The van der Waals surface area contributed by atoms with Gasteiger partial charge < -0.3 is 10.8 Å². The van der Waals surface area contributed by atoms with Gasteiger partial charge in [-0.2, -0.15) is 0 Å². The number of pyridine rings is 2. The zero-order valence-corrected chi connectivity index (χ0v) is 10.4. The van der Waals surface area contributed by atoms with Crippen molar-refractivity contribution in [2.45, 2.75) is 13.2 Å². The molecular formula is C13H13N5O. The van der Waals surface area contributed by atoms with Crippen molar-refractivity contribution in [2.24, 2.45) is 0 Å². The first kappa shape index (κ1) is 11.6. The first-order valence-corrected chi connectivity index (χ1v) is 5.90. The molecule has 0 saturated carbocycles. The Labute approximate surface area is 109 Å². The van der Waals surface area contributed by atoms with Crippen molar-refractivity contribution in [1.82, 2.24) is 19.5 Å². The molecule has 3 aromatic heterocycles. The van der Waals surface area contributed by atoms with Crippen LogP contribution in [0.2, 0.25) is 0 Å². The number of rotatable bonds is 2. The third-order valence-electron chi connectivity index (χ3n) is 2.90. The minimum atomic E-state index is -0.755. The van der Waals surface area contributed by atoms with Gasteiger partial charge in [-0.15, -0.1) is 0 Å². The molecule has 3 aromatic rings. The van der Waals surface area contributed by atoms with E-state index in [9.17, 15) is 5.11 Å². The van der Waals surface area contributed by atoms with Gasteiger partial charge in [0.15, 0.2) is 5.65 Å². The molecule has 1 atom stereocenters. The van der Waals surface area contributed by atoms with Gasteiger partial charge >= 0.3 is 0 Å². The molecule has 0 aromatic carbocycles. The zero-order chi connectivity index (χ0) is 13.4. The Bertz CT molecular complexity index is 735. The third kappa shape index (κ3) is 1.82. The van der Waals surface area contributed by atoms with E-state index in [2.05, 4.69) is 15.0 Å². The Morgan fingerprint density at radius 1 is 1.21 bits per heavy atom. The number of nitrogens with zero attached hydrogens (tertiary/aromatic N) is 4. The van der Waals surface area contributed by atoms with E-state index in [-0.39, 0.29) is 0 Å². The summed E-state index contributed by atoms with van der Waals surface area (Å²) < 4.78 is 1.64. The molecule has 19 heavy (non-hydrogen) atoms. The van der Waals surface area contributed by atoms with Gasteiger partial charge in [-0.1, -0.05) is 0 Å². The molecule has 0 bridgehead atoms. The van der Waals surface area contributed by atoms with Crippen LogP contribution in [0.3, 0.4) is 0 Å². The molecule has 96 valence electrons. The minimum absolute atomic E-state index is 0.375. The standard InChI is InChI=1S/C13H13N5O/c1-8(19)18-12(9-4-2-6-15-11(9)14)17-10-5-3-7-16-13(10)18/h2-8,19H,1H3,(H2,14,15). The number of anilines is 1. The van der Waals surface area contributed by atoms with Crippen LogP contribution in [0.25, 0.3) is 22.6 Å². The highest BCUT2D eigenvalue weighted by molar-refractivity contribution is 5.80. The van der Waals surface area contributed by atoms with Gasteiger partial charge in [-0.25, -0.2) is 15.0 Å². The molecule has 6 nitrogen and oxygen atoms in total. The summed E-state index contributed by atoms with van der Waals surface area (Å²) in [5, 5.41) is 9.97. The van der Waals surface area contributed by atoms with Crippen molar-refractivity contribution < 1.29 is 5.11 Å². The van der Waals surface area contributed by atoms with Crippen LogP contribution in [-0.4, -0.2) is 24.6 Å². The van der Waals surface area contributed by atoms with Crippen molar-refractivity contribution in [3.05, 3.63) is 36.7 Å². The average molecular weight is 255 g/mol. The zero-order valence-electron chi connectivity index (χ0n) is 10.4. The highest BCUT2D eigenvalue weighted by atomic mass is 16.3. The highest BCUT2D eigenvalue weighted by Crippen LogP contribution is 2.28. The van der Waals surface area contributed by atoms with Crippen LogP contribution >= 0.6 is 0 Å². The largest absolute Gasteiger partial charge is 0.383 e. The maximum atomic E-state index is 9.97. The van der Waals surface area contributed by atoms with Gasteiger partial charge in [0.1, 0.15) is 23.4 Å². The number of hydrogen-bond donors (Lipinski definition) is 2. The van der Waals surface area contributed by atoms with E-state index in [0.717, 1.165) is 0 Å². The second kappa shape index (κ2) is 4.33. The molecule has 0 aliphatic rings. The van der Waals surface area contributed by atoms with E-state index < -0.39 is 6.23 Å². The summed E-state index contributed by atoms with van der Waals surface area (Å²) in [6.07, 6.45) is 2.53. The summed E-state index contributed by atoms with van der Waals surface area (Å²) >= 11 is 0. The fourth-order valence-electron chi connectivity index (χ4n) is 2.08. The number of nitrogens with two attached hydrogens (primary N) is 1. The summed E-state index contributed by atoms with van der Waals surface area (Å²) in [7, 11) is 0. The molecule has 3 heterocycles. The first-order chi connectivity index (χ1) is 9.18. The van der Waals surface area contributed by atoms with Gasteiger partial charge in [0, 0.05) is 12.4 Å². The molecule has 0 saturated heterocycles. The second-order valence-electron chi connectivity index (χ2n) is 4.22. The smallest absolute Gasteiger partial charge is 0.162 e. The monoisotopic (exact) mass is 255 g/mol. The van der Waals surface area contributed by atoms with Crippen LogP contribution in [0.5, 0.6) is 0 Å². The minimum Gasteiger partial charge on any atom is -0.383 e. The molecule has 6 heteroatoms. The predicted molar refractivity (Wildman–Crippen MR) is 72.1 cm³/mol. The molecule has 0 spiro atoms. The van der Waals surface area contributed by atoms with Crippen LogP contribution in [0, 0.1) is 0 Å². The fraction of sp³-hybridized carbons (Fsp3) is 0.154. The third-order valence-corrected chi connectivity index (χ3v) is 2.90. The number of fused-ring (bicyclic) bond motifs is 1. The average Bonchev–Trinajstić information content (AvgIpc) is 2.78. The molecule has 3 N–H and O–H groups in total. The molecule has 0 fully saturated rings. The van der Waals surface area contributed by atoms with Crippen LogP contribution < -0.4 is 5.73 Å². The van der Waals surface area contributed by atoms with Gasteiger partial charge in [0.2, 0.25) is 0 Å². The molecule has 0 amide bonds. The van der Waals surface area contributed by atoms with Crippen molar-refractivity contribution in [3.63, 3.8) is 0 Å². The lowest BCUT2D eigenvalue weighted by Crippen LogP contribution is -2.07. The Balaban J connectivity index is 2.35. The van der Waals surface area contributed by atoms with Crippen molar-refractivity contribution in [1.29, 1.82) is 0 Å². The SMILES string of the molecule is CC(O)n1c(-c2cccnc2N)nc2cccnc21. The van der Waals surface area contributed by atoms with E-state index in [4.69, 9.17) is 5.73 Å². The number of imidazole rings is 1. The van der Waals surface area contributed by atoms with Crippen molar-refractivity contribution >= 4 is 17.0 Å². The normalized spacial score (nSPS) is 12.7. The second-order valence-corrected chi connectivity index (χ2v) is 4.22. The van der Waals surface area contributed by atoms with Gasteiger partial charge in [0.05, 0.1) is 5.56 Å². The summed E-state index contributed by atoms with van der Waals surface area (Å²) in [5.41, 5.74) is 7.89. The van der Waals surface area contributed by atoms with Crippen LogP contribution in [-0.2, 0) is 0 Å². The van der Waals surface area contributed by atoms with Crippen LogP contribution in [0.15, 0.2) is 36.7 Å². The Hall–Kier alpha value is -2.47. The van der Waals surface area contributed by atoms with Crippen molar-refractivity contribution in [3.8, 4) is 11.4 Å². The predicted octanol–water partition coefficient (Wildman–Crippen LogP) is 1.59. The molecule has 3 rings (SSSR count). The number of aromatic nitrogens is 4. The van der Waals surface area contributed by atoms with Crippen molar-refractivity contribution in [2.75, 3.05) is 5.73 Å². The lowest BCUT2D eigenvalue weighted by atomic mass is 10.2. The first-order valence-electron chi connectivity index (χ1n) is 5.90. The summed E-state index contributed by atoms with van der Waals surface area (Å²) in [4.78, 5) is 12.8. The maximum absolute atomic E-state index is 9.97. The molecular weight excluding hydrogens is 242 g/mol. The highest BCUT2D eigenvalue weighted by Gasteiger charge is 2.18. The van der Waals surface area contributed by atoms with E-state index in [0.29, 0.717) is 28.4 Å². The van der Waals surface area contributed by atoms with E-state index in [1.54, 1.807) is 36.0 Å². The fourth-order valence-corrected chi connectivity index (χ4v) is 2.08. The van der Waals surface area contributed by atoms with Gasteiger partial charge in [0.25, 0.3) is 0 Å². The van der Waals surface area contributed by atoms with E-state index in [1.807, 2.05) is 12.1 Å². The van der Waals surface area contributed by atoms with Crippen LogP contribution in [0.4, 0.5) is 5.82 Å². The molecule has 0 aliphatic carbocycles. The number of aliphatic hydroxyl groups excluding tert-OH is 1. The Morgan fingerprint density at radius 2 is 1.95 bits per heavy atom. The maximum Gasteiger partial charge on any atom is 0.162 e. The van der Waals surface area contributed by atoms with E-state index >= 15 is 0 Å². The van der Waals surface area contributed by atoms with E-state index in [1.165, 1.54) is 0 Å². The molecule has 0 radical (unpaired) electrons. The number of hydrogen-bond acceptors (Lipinski definition) is 5. The van der Waals surface area contributed by atoms with Gasteiger partial charge in [-0.05, 0) is 31.2 Å². The lowest BCUT2D eigenvalue weighted by molar-refractivity contribution is 0.130. The molecule has 0 aliphatic heterocycles. The number of nitrogen functional groups attached to an aromatic ring is 1. The Morgan fingerprint density at radius 3 is 2.68 bits per heavy atom. The number of aliphatic hydroxyl groups is 1. The summed E-state index contributed by atoms with van der Waals surface area (Å²) in [6.45, 7) is 1.66. The quantitative estimate of drug-likeness (QED) is 0.725. The van der Waals surface area contributed by atoms with Gasteiger partial charge in [-0.3, -0.25) is 4.57 Å². The lowest BCUT2D eigenvalue weighted by Gasteiger charge is -2.12. The Kier molecular flexibility index (Phi) is 2.64.